The topological polar surface area (TPSA) is 77.8 Å². The van der Waals surface area contributed by atoms with E-state index in [9.17, 15) is 18.0 Å². The van der Waals surface area contributed by atoms with Crippen LogP contribution in [0.1, 0.15) is 16.2 Å². The maximum atomic E-state index is 13.8. The summed E-state index contributed by atoms with van der Waals surface area (Å²) < 4.78 is 52.4. The minimum Gasteiger partial charge on any atom is -0.497 e. The van der Waals surface area contributed by atoms with E-state index in [1.54, 1.807) is 12.1 Å². The maximum absolute atomic E-state index is 13.8. The molecule has 0 radical (unpaired) electrons. The molecule has 0 atom stereocenters. The van der Waals surface area contributed by atoms with Gasteiger partial charge in [-0.2, -0.15) is 18.3 Å². The van der Waals surface area contributed by atoms with Crippen molar-refractivity contribution < 1.29 is 27.4 Å². The Balaban J connectivity index is 1.77. The van der Waals surface area contributed by atoms with Crippen molar-refractivity contribution >= 4 is 40.4 Å². The van der Waals surface area contributed by atoms with E-state index in [-0.39, 0.29) is 32.8 Å². The lowest BCUT2D eigenvalue weighted by Gasteiger charge is -2.11. The molecule has 1 amide bonds. The maximum Gasteiger partial charge on any atom is 0.433 e. The third-order valence-electron chi connectivity index (χ3n) is 4.82. The first-order valence-electron chi connectivity index (χ1n) is 9.57. The fourth-order valence-corrected chi connectivity index (χ4v) is 3.48. The van der Waals surface area contributed by atoms with Gasteiger partial charge in [0.15, 0.2) is 17.0 Å². The number of methoxy groups -OCH3 is 2. The molecule has 0 saturated carbocycles. The molecule has 34 heavy (non-hydrogen) atoms. The Morgan fingerprint density at radius 1 is 1.00 bits per heavy atom. The van der Waals surface area contributed by atoms with E-state index in [1.165, 1.54) is 38.5 Å². The van der Waals surface area contributed by atoms with Crippen molar-refractivity contribution in [3.05, 3.63) is 70.0 Å². The summed E-state index contributed by atoms with van der Waals surface area (Å²) >= 11 is 11.9. The van der Waals surface area contributed by atoms with Crippen LogP contribution in [0.4, 0.5) is 18.9 Å². The number of anilines is 1. The number of rotatable bonds is 5. The first kappa shape index (κ1) is 23.7. The number of aromatic nitrogens is 3. The number of ether oxygens (including phenoxy) is 2. The second kappa shape index (κ2) is 9.03. The van der Waals surface area contributed by atoms with E-state index >= 15 is 0 Å². The molecule has 0 aliphatic rings. The molecule has 0 fully saturated rings. The average molecular weight is 511 g/mol. The van der Waals surface area contributed by atoms with E-state index in [0.717, 1.165) is 12.1 Å². The van der Waals surface area contributed by atoms with Gasteiger partial charge in [0.2, 0.25) is 0 Å². The minimum absolute atomic E-state index is 0.0120. The van der Waals surface area contributed by atoms with Crippen LogP contribution < -0.4 is 14.8 Å². The molecule has 0 unspecified atom stereocenters. The van der Waals surface area contributed by atoms with Gasteiger partial charge in [0.1, 0.15) is 11.5 Å². The summed E-state index contributed by atoms with van der Waals surface area (Å²) in [5.41, 5.74) is -0.977. The number of benzene rings is 2. The molecule has 2 aromatic carbocycles. The lowest BCUT2D eigenvalue weighted by Crippen LogP contribution is -2.16. The highest BCUT2D eigenvalue weighted by molar-refractivity contribution is 6.42. The number of amides is 1. The van der Waals surface area contributed by atoms with Crippen LogP contribution in [-0.2, 0) is 6.18 Å². The molecular formula is C22H15Cl2F3N4O3. The number of carbonyl (C=O) groups excluding carboxylic acids is 1. The zero-order valence-electron chi connectivity index (χ0n) is 17.6. The number of nitrogens with zero attached hydrogens (tertiary/aromatic N) is 3. The number of fused-ring (bicyclic) bond motifs is 1. The number of hydrogen-bond donors (Lipinski definition) is 1. The van der Waals surface area contributed by atoms with Crippen LogP contribution in [0.5, 0.6) is 11.5 Å². The van der Waals surface area contributed by atoms with Crippen LogP contribution in [0.2, 0.25) is 10.0 Å². The molecule has 2 heterocycles. The lowest BCUT2D eigenvalue weighted by molar-refractivity contribution is -0.142. The van der Waals surface area contributed by atoms with Crippen molar-refractivity contribution in [1.82, 2.24) is 14.6 Å². The number of carbonyl (C=O) groups is 1. The zero-order valence-corrected chi connectivity index (χ0v) is 19.1. The molecule has 7 nitrogen and oxygen atoms in total. The van der Waals surface area contributed by atoms with Gasteiger partial charge in [-0.05, 0) is 30.3 Å². The molecule has 1 N–H and O–H groups in total. The number of halogens is 5. The van der Waals surface area contributed by atoms with Crippen molar-refractivity contribution in [3.63, 3.8) is 0 Å². The summed E-state index contributed by atoms with van der Waals surface area (Å²) in [5, 5.41) is 6.83. The second-order valence-corrected chi connectivity index (χ2v) is 7.79. The van der Waals surface area contributed by atoms with Gasteiger partial charge in [-0.1, -0.05) is 29.3 Å². The van der Waals surface area contributed by atoms with Crippen LogP contribution in [0.15, 0.2) is 48.5 Å². The van der Waals surface area contributed by atoms with Gasteiger partial charge in [-0.3, -0.25) is 4.79 Å². The normalized spacial score (nSPS) is 11.5. The highest BCUT2D eigenvalue weighted by Crippen LogP contribution is 2.34. The fourth-order valence-electron chi connectivity index (χ4n) is 3.18. The summed E-state index contributed by atoms with van der Waals surface area (Å²) in [6, 6.07) is 11.0. The van der Waals surface area contributed by atoms with Crippen LogP contribution >= 0.6 is 23.2 Å². The highest BCUT2D eigenvalue weighted by Gasteiger charge is 2.35. The first-order chi connectivity index (χ1) is 16.1. The van der Waals surface area contributed by atoms with Crippen LogP contribution in [0, 0.1) is 0 Å². The van der Waals surface area contributed by atoms with E-state index in [1.807, 2.05) is 0 Å². The van der Waals surface area contributed by atoms with Crippen molar-refractivity contribution in [2.45, 2.75) is 6.18 Å². The predicted molar refractivity (Wildman–Crippen MR) is 121 cm³/mol. The van der Waals surface area contributed by atoms with E-state index in [4.69, 9.17) is 32.7 Å². The van der Waals surface area contributed by atoms with Crippen LogP contribution in [0.25, 0.3) is 16.9 Å². The Labute approximate surface area is 201 Å². The smallest absolute Gasteiger partial charge is 0.433 e. The van der Waals surface area contributed by atoms with Gasteiger partial charge in [0, 0.05) is 17.7 Å². The first-order valence-corrected chi connectivity index (χ1v) is 10.3. The lowest BCUT2D eigenvalue weighted by atomic mass is 10.1. The molecule has 0 aliphatic carbocycles. The van der Waals surface area contributed by atoms with Gasteiger partial charge in [-0.15, -0.1) is 0 Å². The van der Waals surface area contributed by atoms with Crippen molar-refractivity contribution in [2.24, 2.45) is 0 Å². The Kier molecular flexibility index (Phi) is 6.28. The van der Waals surface area contributed by atoms with Crippen molar-refractivity contribution in [3.8, 4) is 22.8 Å². The summed E-state index contributed by atoms with van der Waals surface area (Å²) in [5.74, 6) is 0.0436. The Morgan fingerprint density at radius 2 is 1.76 bits per heavy atom. The number of hydrogen-bond acceptors (Lipinski definition) is 5. The highest BCUT2D eigenvalue weighted by atomic mass is 35.5. The molecule has 176 valence electrons. The molecule has 0 saturated heterocycles. The monoisotopic (exact) mass is 510 g/mol. The molecule has 2 aromatic heterocycles. The SMILES string of the molecule is COc1ccc(NC(=O)c2cc3nc(-c4ccc(Cl)c(Cl)c4)cc(C(F)(F)F)n3n2)c(OC)c1. The van der Waals surface area contributed by atoms with Crippen molar-refractivity contribution in [2.75, 3.05) is 19.5 Å². The summed E-state index contributed by atoms with van der Waals surface area (Å²) in [6.45, 7) is 0. The fraction of sp³-hybridized carbons (Fsp3) is 0.136. The van der Waals surface area contributed by atoms with Gasteiger partial charge < -0.3 is 14.8 Å². The number of alkyl halides is 3. The second-order valence-electron chi connectivity index (χ2n) is 6.97. The molecular weight excluding hydrogens is 496 g/mol. The van der Waals surface area contributed by atoms with Gasteiger partial charge in [-0.25, -0.2) is 9.50 Å². The third-order valence-corrected chi connectivity index (χ3v) is 5.56. The Hall–Kier alpha value is -3.50. The molecule has 4 aromatic rings. The van der Waals surface area contributed by atoms with Crippen molar-refractivity contribution in [1.29, 1.82) is 0 Å². The largest absolute Gasteiger partial charge is 0.497 e. The molecule has 0 spiro atoms. The van der Waals surface area contributed by atoms with Crippen LogP contribution in [-0.4, -0.2) is 34.7 Å². The summed E-state index contributed by atoms with van der Waals surface area (Å²) in [6.07, 6.45) is -4.77. The van der Waals surface area contributed by atoms with Gasteiger partial charge >= 0.3 is 6.18 Å². The molecule has 0 bridgehead atoms. The van der Waals surface area contributed by atoms with Gasteiger partial charge in [0.25, 0.3) is 5.91 Å². The number of nitrogens with one attached hydrogen (secondary N) is 1. The predicted octanol–water partition coefficient (Wildman–Crippen LogP) is 5.99. The average Bonchev–Trinajstić information content (AvgIpc) is 3.24. The third kappa shape index (κ3) is 4.59. The van der Waals surface area contributed by atoms with E-state index in [2.05, 4.69) is 15.4 Å². The van der Waals surface area contributed by atoms with E-state index in [0.29, 0.717) is 21.6 Å². The van der Waals surface area contributed by atoms with E-state index < -0.39 is 17.8 Å². The van der Waals surface area contributed by atoms with Crippen LogP contribution in [0.3, 0.4) is 0 Å². The molecule has 12 heteroatoms. The standard InChI is InChI=1S/C22H15Cl2F3N4O3/c1-33-12-4-6-15(18(8-12)34-2)29-21(32)17-10-20-28-16(11-3-5-13(23)14(24)7-11)9-19(22(25,26)27)31(20)30-17/h3-10H,1-2H3,(H,29,32). The minimum atomic E-state index is -4.77. The quantitative estimate of drug-likeness (QED) is 0.356. The Morgan fingerprint density at radius 3 is 2.41 bits per heavy atom. The Bertz CT molecular complexity index is 1410. The molecule has 0 aliphatic heterocycles. The van der Waals surface area contributed by atoms with Gasteiger partial charge in [0.05, 0.1) is 35.6 Å². The summed E-state index contributed by atoms with van der Waals surface area (Å²) in [4.78, 5) is 17.0. The zero-order chi connectivity index (χ0) is 24.6. The summed E-state index contributed by atoms with van der Waals surface area (Å²) in [7, 11) is 2.88. The molecule has 4 rings (SSSR count).